The van der Waals surface area contributed by atoms with Crippen molar-refractivity contribution in [1.29, 1.82) is 0 Å². The molecule has 0 fully saturated rings. The van der Waals surface area contributed by atoms with E-state index in [4.69, 9.17) is 5.10 Å². The van der Waals surface area contributed by atoms with E-state index in [0.29, 0.717) is 6.04 Å². The summed E-state index contributed by atoms with van der Waals surface area (Å²) in [6, 6.07) is 8.95. The number of hydrogen-bond acceptors (Lipinski definition) is 2. The molecule has 1 unspecified atom stereocenters. The molecule has 1 atom stereocenters. The van der Waals surface area contributed by atoms with E-state index in [1.54, 1.807) is 0 Å². The number of aryl methyl sites for hydroxylation is 2. The van der Waals surface area contributed by atoms with Gasteiger partial charge in [-0.05, 0) is 45.4 Å². The third-order valence-electron chi connectivity index (χ3n) is 3.95. The molecule has 1 aromatic heterocycles. The Morgan fingerprint density at radius 1 is 1.25 bits per heavy atom. The average molecular weight is 271 g/mol. The first-order chi connectivity index (χ1) is 9.60. The van der Waals surface area contributed by atoms with Crippen LogP contribution in [0.5, 0.6) is 0 Å². The smallest absolute Gasteiger partial charge is 0.0675 e. The van der Waals surface area contributed by atoms with E-state index >= 15 is 0 Å². The van der Waals surface area contributed by atoms with Gasteiger partial charge in [-0.25, -0.2) is 0 Å². The molecule has 0 aliphatic rings. The lowest BCUT2D eigenvalue weighted by molar-refractivity contribution is 0.583. The Bertz CT molecular complexity index is 584. The van der Waals surface area contributed by atoms with Gasteiger partial charge in [0.1, 0.15) is 0 Å². The van der Waals surface area contributed by atoms with Crippen LogP contribution in [0.3, 0.4) is 0 Å². The predicted octanol–water partition coefficient (Wildman–Crippen LogP) is 3.86. The first-order valence-electron chi connectivity index (χ1n) is 7.40. The van der Waals surface area contributed by atoms with E-state index in [2.05, 4.69) is 62.0 Å². The molecular weight excluding hydrogens is 246 g/mol. The van der Waals surface area contributed by atoms with Crippen molar-refractivity contribution < 1.29 is 0 Å². The van der Waals surface area contributed by atoms with Gasteiger partial charge in [0, 0.05) is 23.8 Å². The zero-order valence-corrected chi connectivity index (χ0v) is 13.2. The number of nitrogens with zero attached hydrogens (tertiary/aromatic N) is 2. The largest absolute Gasteiger partial charge is 0.313 e. The maximum absolute atomic E-state index is 4.70. The van der Waals surface area contributed by atoms with E-state index in [-0.39, 0.29) is 0 Å². The Kier molecular flexibility index (Phi) is 4.61. The van der Waals surface area contributed by atoms with E-state index < -0.39 is 0 Å². The number of nitrogens with one attached hydrogen (secondary N) is 1. The summed E-state index contributed by atoms with van der Waals surface area (Å²) in [5.74, 6) is 0. The molecule has 1 heterocycles. The molecule has 3 heteroatoms. The maximum Gasteiger partial charge on any atom is 0.0675 e. The van der Waals surface area contributed by atoms with E-state index in [9.17, 15) is 0 Å². The van der Waals surface area contributed by atoms with Gasteiger partial charge < -0.3 is 5.32 Å². The van der Waals surface area contributed by atoms with Gasteiger partial charge in [-0.15, -0.1) is 0 Å². The second-order valence-corrected chi connectivity index (χ2v) is 5.37. The number of benzene rings is 1. The molecule has 0 bridgehead atoms. The summed E-state index contributed by atoms with van der Waals surface area (Å²) in [4.78, 5) is 0. The average Bonchev–Trinajstić information content (AvgIpc) is 2.73. The predicted molar refractivity (Wildman–Crippen MR) is 84.9 cm³/mol. The quantitative estimate of drug-likeness (QED) is 0.895. The van der Waals surface area contributed by atoms with Crippen molar-refractivity contribution in [1.82, 2.24) is 15.1 Å². The fraction of sp³-hybridized carbons (Fsp3) is 0.471. The van der Waals surface area contributed by atoms with Gasteiger partial charge in [-0.3, -0.25) is 4.68 Å². The minimum absolute atomic E-state index is 0.333. The van der Waals surface area contributed by atoms with E-state index in [0.717, 1.165) is 18.7 Å². The SMILES string of the molecule is CCCn1nc(C)c(-c2ccccc2C(C)NC)c1C. The molecule has 0 saturated heterocycles. The first kappa shape index (κ1) is 14.8. The molecule has 3 nitrogen and oxygen atoms in total. The lowest BCUT2D eigenvalue weighted by Gasteiger charge is -2.16. The zero-order valence-electron chi connectivity index (χ0n) is 13.2. The molecule has 1 N–H and O–H groups in total. The van der Waals surface area contributed by atoms with Crippen LogP contribution in [-0.2, 0) is 6.54 Å². The molecular formula is C17H25N3. The van der Waals surface area contributed by atoms with Gasteiger partial charge in [-0.2, -0.15) is 5.10 Å². The lowest BCUT2D eigenvalue weighted by Crippen LogP contribution is -2.13. The molecule has 2 aromatic rings. The van der Waals surface area contributed by atoms with Crippen LogP contribution in [0.25, 0.3) is 11.1 Å². The van der Waals surface area contributed by atoms with Gasteiger partial charge in [-0.1, -0.05) is 31.2 Å². The van der Waals surface area contributed by atoms with Crippen molar-refractivity contribution in [2.75, 3.05) is 7.05 Å². The Hall–Kier alpha value is -1.61. The number of hydrogen-bond donors (Lipinski definition) is 1. The highest BCUT2D eigenvalue weighted by Gasteiger charge is 2.17. The summed E-state index contributed by atoms with van der Waals surface area (Å²) < 4.78 is 2.13. The minimum Gasteiger partial charge on any atom is -0.313 e. The van der Waals surface area contributed by atoms with Gasteiger partial charge in [0.2, 0.25) is 0 Å². The monoisotopic (exact) mass is 271 g/mol. The summed E-state index contributed by atoms with van der Waals surface area (Å²) in [6.45, 7) is 9.64. The molecule has 0 amide bonds. The van der Waals surface area contributed by atoms with Gasteiger partial charge in [0.25, 0.3) is 0 Å². The fourth-order valence-corrected chi connectivity index (χ4v) is 2.77. The van der Waals surface area contributed by atoms with Crippen LogP contribution in [0.2, 0.25) is 0 Å². The second-order valence-electron chi connectivity index (χ2n) is 5.37. The topological polar surface area (TPSA) is 29.9 Å². The van der Waals surface area contributed by atoms with E-state index in [1.165, 1.54) is 22.4 Å². The van der Waals surface area contributed by atoms with Crippen molar-refractivity contribution in [2.45, 2.75) is 46.7 Å². The Morgan fingerprint density at radius 2 is 1.95 bits per heavy atom. The summed E-state index contributed by atoms with van der Waals surface area (Å²) in [5, 5.41) is 8.03. The minimum atomic E-state index is 0.333. The van der Waals surface area contributed by atoms with Crippen LogP contribution in [0.15, 0.2) is 24.3 Å². The summed E-state index contributed by atoms with van der Waals surface area (Å²) in [6.07, 6.45) is 1.11. The van der Waals surface area contributed by atoms with Crippen LogP contribution in [0, 0.1) is 13.8 Å². The lowest BCUT2D eigenvalue weighted by atomic mass is 9.94. The standard InChI is InChI=1S/C17H25N3/c1-6-11-20-14(4)17(13(3)19-20)16-10-8-7-9-15(16)12(2)18-5/h7-10,12,18H,6,11H2,1-5H3. The first-order valence-corrected chi connectivity index (χ1v) is 7.40. The Morgan fingerprint density at radius 3 is 2.60 bits per heavy atom. The molecule has 0 saturated carbocycles. The molecule has 0 radical (unpaired) electrons. The highest BCUT2D eigenvalue weighted by Crippen LogP contribution is 2.32. The van der Waals surface area contributed by atoms with Crippen LogP contribution in [-0.4, -0.2) is 16.8 Å². The summed E-state index contributed by atoms with van der Waals surface area (Å²) in [7, 11) is 2.00. The maximum atomic E-state index is 4.70. The molecule has 0 aliphatic carbocycles. The summed E-state index contributed by atoms with van der Waals surface area (Å²) >= 11 is 0. The molecule has 20 heavy (non-hydrogen) atoms. The molecule has 108 valence electrons. The van der Waals surface area contributed by atoms with Crippen LogP contribution < -0.4 is 5.32 Å². The third-order valence-corrected chi connectivity index (χ3v) is 3.95. The van der Waals surface area contributed by atoms with Crippen molar-refractivity contribution in [3.05, 3.63) is 41.2 Å². The molecule has 0 spiro atoms. The third kappa shape index (κ3) is 2.63. The highest BCUT2D eigenvalue weighted by molar-refractivity contribution is 5.72. The molecule has 1 aromatic carbocycles. The molecule has 0 aliphatic heterocycles. The van der Waals surface area contributed by atoms with Gasteiger partial charge in [0.15, 0.2) is 0 Å². The van der Waals surface area contributed by atoms with Crippen molar-refractivity contribution in [2.24, 2.45) is 0 Å². The van der Waals surface area contributed by atoms with Crippen molar-refractivity contribution in [3.8, 4) is 11.1 Å². The van der Waals surface area contributed by atoms with Crippen molar-refractivity contribution in [3.63, 3.8) is 0 Å². The molecule has 2 rings (SSSR count). The Labute approximate surface area is 122 Å². The van der Waals surface area contributed by atoms with Crippen LogP contribution >= 0.6 is 0 Å². The Balaban J connectivity index is 2.57. The van der Waals surface area contributed by atoms with Gasteiger partial charge in [0.05, 0.1) is 5.69 Å². The zero-order chi connectivity index (χ0) is 14.7. The van der Waals surface area contributed by atoms with Crippen molar-refractivity contribution >= 4 is 0 Å². The van der Waals surface area contributed by atoms with Crippen LogP contribution in [0.1, 0.15) is 43.3 Å². The van der Waals surface area contributed by atoms with E-state index in [1.807, 2.05) is 7.05 Å². The fourth-order valence-electron chi connectivity index (χ4n) is 2.77. The van der Waals surface area contributed by atoms with Gasteiger partial charge >= 0.3 is 0 Å². The highest BCUT2D eigenvalue weighted by atomic mass is 15.3. The summed E-state index contributed by atoms with van der Waals surface area (Å²) in [5.41, 5.74) is 6.30. The number of aromatic nitrogens is 2. The second kappa shape index (κ2) is 6.23. The number of rotatable bonds is 5. The van der Waals surface area contributed by atoms with Crippen LogP contribution in [0.4, 0.5) is 0 Å². The normalized spacial score (nSPS) is 12.7.